The van der Waals surface area contributed by atoms with E-state index in [4.69, 9.17) is 42.6 Å². The molecule has 0 spiro atoms. The van der Waals surface area contributed by atoms with Crippen LogP contribution < -0.4 is 0 Å². The van der Waals surface area contributed by atoms with Crippen LogP contribution in [0, 0.1) is 0 Å². The van der Waals surface area contributed by atoms with Gasteiger partial charge in [-0.3, -0.25) is 0 Å². The van der Waals surface area contributed by atoms with Crippen molar-refractivity contribution in [1.82, 2.24) is 0 Å². The summed E-state index contributed by atoms with van der Waals surface area (Å²) in [6.45, 7) is 9.72. The first-order valence-corrected chi connectivity index (χ1v) is 20.5. The van der Waals surface area contributed by atoms with Crippen molar-refractivity contribution in [2.24, 2.45) is 0 Å². The number of rotatable bonds is 20. The van der Waals surface area contributed by atoms with Gasteiger partial charge in [0, 0.05) is 0 Å². The van der Waals surface area contributed by atoms with E-state index in [9.17, 15) is 0 Å². The molecule has 5 aromatic carbocycles. The second-order valence-electron chi connectivity index (χ2n) is 14.9. The second kappa shape index (κ2) is 22.2. The third-order valence-electron chi connectivity index (χ3n) is 10.6. The molecule has 0 amide bonds. The summed E-state index contributed by atoms with van der Waals surface area (Å²) in [6.07, 6.45) is -4.76. The minimum Gasteiger partial charge on any atom is -0.368 e. The molecule has 2 aliphatic heterocycles. The summed E-state index contributed by atoms with van der Waals surface area (Å²) >= 11 is 0. The van der Waals surface area contributed by atoms with Crippen molar-refractivity contribution in [1.29, 1.82) is 0 Å². The van der Waals surface area contributed by atoms with Gasteiger partial charge in [0.25, 0.3) is 0 Å². The van der Waals surface area contributed by atoms with Gasteiger partial charge in [-0.2, -0.15) is 0 Å². The van der Waals surface area contributed by atoms with Crippen LogP contribution in [0.2, 0.25) is 0 Å². The van der Waals surface area contributed by atoms with E-state index in [1.807, 2.05) is 166 Å². The van der Waals surface area contributed by atoms with Gasteiger partial charge in [-0.25, -0.2) is 0 Å². The summed E-state index contributed by atoms with van der Waals surface area (Å²) in [5, 5.41) is 0. The molecule has 0 bridgehead atoms. The molecule has 0 radical (unpaired) electrons. The van der Waals surface area contributed by atoms with Crippen molar-refractivity contribution < 1.29 is 42.6 Å². The maximum atomic E-state index is 7.16. The molecule has 0 unspecified atom stereocenters. The van der Waals surface area contributed by atoms with Crippen molar-refractivity contribution in [3.05, 3.63) is 192 Å². The van der Waals surface area contributed by atoms with Crippen molar-refractivity contribution in [3.63, 3.8) is 0 Å². The van der Waals surface area contributed by atoms with Crippen molar-refractivity contribution in [2.45, 2.75) is 108 Å². The Bertz CT molecular complexity index is 1920. The van der Waals surface area contributed by atoms with Gasteiger partial charge in [0.2, 0.25) is 0 Å². The van der Waals surface area contributed by atoms with Crippen LogP contribution in [0.3, 0.4) is 0 Å². The summed E-state index contributed by atoms with van der Waals surface area (Å²) in [6, 6.07) is 50.3. The van der Waals surface area contributed by atoms with E-state index in [1.54, 1.807) is 6.08 Å². The standard InChI is InChI=1S/C50H56O9/c1-4-30-51-49-47(55-34-41-26-16-8-17-27-41)46(54-33-40-24-14-7-15-25-40)44(37(3)57-49)59-50-48(56-35-42-28-18-9-19-29-42)45(53-32-39-22-12-6-13-23-39)43(36(2)58-50)52-31-38-20-10-5-11-21-38/h4-29,36-37,43-50H,1,30-35H2,2-3H3/t36-,37-,43+,44+,45+,46+,47-,48-,49-,50-/m1/s1. The van der Waals surface area contributed by atoms with Gasteiger partial charge < -0.3 is 42.6 Å². The first kappa shape index (κ1) is 42.6. The summed E-state index contributed by atoms with van der Waals surface area (Å²) in [7, 11) is 0. The third-order valence-corrected chi connectivity index (χ3v) is 10.6. The van der Waals surface area contributed by atoms with Crippen LogP contribution >= 0.6 is 0 Å². The summed E-state index contributed by atoms with van der Waals surface area (Å²) in [4.78, 5) is 0. The SMILES string of the molecule is C=CCO[C@@H]1O[C@H](C)[C@H](O[C@H]2O[C@H](C)[C@H](OCc3ccccc3)[C@H](OCc3ccccc3)[C@H]2OCc2ccccc2)[C@H](OCc2ccccc2)[C@H]1OCc1ccccc1. The Morgan fingerprint density at radius 3 is 1.08 bits per heavy atom. The van der Waals surface area contributed by atoms with Gasteiger partial charge in [-0.1, -0.05) is 158 Å². The lowest BCUT2D eigenvalue weighted by atomic mass is 9.96. The van der Waals surface area contributed by atoms with Gasteiger partial charge >= 0.3 is 0 Å². The average molecular weight is 801 g/mol. The number of hydrogen-bond acceptors (Lipinski definition) is 9. The minimum atomic E-state index is -0.912. The highest BCUT2D eigenvalue weighted by Crippen LogP contribution is 2.36. The van der Waals surface area contributed by atoms with Crippen LogP contribution in [0.15, 0.2) is 164 Å². The molecule has 10 atom stereocenters. The number of hydrogen-bond donors (Lipinski definition) is 0. The Balaban J connectivity index is 1.21. The normalized spacial score (nSPS) is 26.9. The van der Waals surface area contributed by atoms with Gasteiger partial charge in [-0.05, 0) is 41.7 Å². The van der Waals surface area contributed by atoms with Gasteiger partial charge in [0.05, 0.1) is 51.8 Å². The molecule has 0 saturated carbocycles. The molecular formula is C50H56O9. The fourth-order valence-corrected chi connectivity index (χ4v) is 7.49. The smallest absolute Gasteiger partial charge is 0.187 e. The maximum Gasteiger partial charge on any atom is 0.187 e. The Labute approximate surface area is 348 Å². The van der Waals surface area contributed by atoms with E-state index in [0.29, 0.717) is 33.0 Å². The molecule has 0 aromatic heterocycles. The van der Waals surface area contributed by atoms with Crippen LogP contribution in [-0.4, -0.2) is 68.0 Å². The molecule has 5 aromatic rings. The van der Waals surface area contributed by atoms with E-state index in [-0.39, 0.29) is 6.61 Å². The van der Waals surface area contributed by atoms with Gasteiger partial charge in [0.15, 0.2) is 12.6 Å². The van der Waals surface area contributed by atoms with Crippen LogP contribution in [0.25, 0.3) is 0 Å². The Kier molecular flexibility index (Phi) is 16.0. The molecule has 0 N–H and O–H groups in total. The zero-order chi connectivity index (χ0) is 40.7. The molecular weight excluding hydrogens is 745 g/mol. The topological polar surface area (TPSA) is 83.1 Å². The van der Waals surface area contributed by atoms with Crippen LogP contribution in [0.4, 0.5) is 0 Å². The molecule has 59 heavy (non-hydrogen) atoms. The van der Waals surface area contributed by atoms with Crippen LogP contribution in [0.1, 0.15) is 41.7 Å². The zero-order valence-corrected chi connectivity index (χ0v) is 33.9. The summed E-state index contributed by atoms with van der Waals surface area (Å²) in [5.41, 5.74) is 5.09. The Hall–Kier alpha value is -4.52. The number of ether oxygens (including phenoxy) is 9. The predicted octanol–water partition coefficient (Wildman–Crippen LogP) is 8.99. The van der Waals surface area contributed by atoms with E-state index >= 15 is 0 Å². The van der Waals surface area contributed by atoms with Gasteiger partial charge in [-0.15, -0.1) is 6.58 Å². The lowest BCUT2D eigenvalue weighted by Crippen LogP contribution is -2.65. The molecule has 2 heterocycles. The third kappa shape index (κ3) is 12.0. The van der Waals surface area contributed by atoms with E-state index in [1.165, 1.54) is 0 Å². The minimum absolute atomic E-state index is 0.267. The Morgan fingerprint density at radius 1 is 0.390 bits per heavy atom. The molecule has 2 fully saturated rings. The second-order valence-corrected chi connectivity index (χ2v) is 14.9. The highest BCUT2D eigenvalue weighted by Gasteiger charge is 2.53. The van der Waals surface area contributed by atoms with E-state index in [2.05, 4.69) is 6.58 Å². The lowest BCUT2D eigenvalue weighted by molar-refractivity contribution is -0.369. The number of benzene rings is 5. The van der Waals surface area contributed by atoms with Gasteiger partial charge in [0.1, 0.15) is 36.6 Å². The summed E-state index contributed by atoms with van der Waals surface area (Å²) in [5.74, 6) is 0. The average Bonchev–Trinajstić information content (AvgIpc) is 3.28. The quantitative estimate of drug-likeness (QED) is 0.0717. The first-order chi connectivity index (χ1) is 29.1. The highest BCUT2D eigenvalue weighted by molar-refractivity contribution is 5.17. The molecule has 0 aliphatic carbocycles. The van der Waals surface area contributed by atoms with Crippen molar-refractivity contribution in [2.75, 3.05) is 6.61 Å². The fourth-order valence-electron chi connectivity index (χ4n) is 7.49. The van der Waals surface area contributed by atoms with Crippen molar-refractivity contribution in [3.8, 4) is 0 Å². The molecule has 9 heteroatoms. The largest absolute Gasteiger partial charge is 0.368 e. The molecule has 310 valence electrons. The zero-order valence-electron chi connectivity index (χ0n) is 33.9. The Morgan fingerprint density at radius 2 is 0.695 bits per heavy atom. The first-order valence-electron chi connectivity index (χ1n) is 20.5. The predicted molar refractivity (Wildman–Crippen MR) is 225 cm³/mol. The highest BCUT2D eigenvalue weighted by atomic mass is 16.8. The van der Waals surface area contributed by atoms with E-state index < -0.39 is 61.4 Å². The van der Waals surface area contributed by atoms with E-state index in [0.717, 1.165) is 27.8 Å². The van der Waals surface area contributed by atoms with Crippen molar-refractivity contribution >= 4 is 0 Å². The molecule has 2 saturated heterocycles. The maximum absolute atomic E-state index is 7.16. The molecule has 7 rings (SSSR count). The van der Waals surface area contributed by atoms with Crippen LogP contribution in [0.5, 0.6) is 0 Å². The lowest BCUT2D eigenvalue weighted by Gasteiger charge is -2.49. The fraction of sp³-hybridized carbons (Fsp3) is 0.360. The summed E-state index contributed by atoms with van der Waals surface area (Å²) < 4.78 is 60.8. The van der Waals surface area contributed by atoms with Crippen LogP contribution in [-0.2, 0) is 75.7 Å². The molecule has 9 nitrogen and oxygen atoms in total. The monoisotopic (exact) mass is 800 g/mol. The molecule has 2 aliphatic rings.